The van der Waals surface area contributed by atoms with Crippen LogP contribution in [0.3, 0.4) is 0 Å². The second-order valence-electron chi connectivity index (χ2n) is 3.71. The van der Waals surface area contributed by atoms with Gasteiger partial charge in [0, 0.05) is 28.4 Å². The molecule has 0 aliphatic carbocycles. The van der Waals surface area contributed by atoms with E-state index in [2.05, 4.69) is 32.4 Å². The van der Waals surface area contributed by atoms with Gasteiger partial charge in [0.1, 0.15) is 12.4 Å². The Morgan fingerprint density at radius 1 is 1.37 bits per heavy atom. The summed E-state index contributed by atoms with van der Waals surface area (Å²) in [6.07, 6.45) is 1.74. The molecule has 0 aliphatic heterocycles. The summed E-state index contributed by atoms with van der Waals surface area (Å²) in [7, 11) is 1.77. The summed E-state index contributed by atoms with van der Waals surface area (Å²) in [6.45, 7) is -2.73. The lowest BCUT2D eigenvalue weighted by molar-refractivity contribution is -0.0509. The molecule has 2 rings (SSSR count). The van der Waals surface area contributed by atoms with Crippen LogP contribution in [-0.2, 0) is 13.7 Å². The van der Waals surface area contributed by atoms with Gasteiger partial charge in [-0.15, -0.1) is 5.10 Å². The summed E-state index contributed by atoms with van der Waals surface area (Å²) < 4.78 is 37.0. The van der Waals surface area contributed by atoms with E-state index in [9.17, 15) is 8.78 Å². The summed E-state index contributed by atoms with van der Waals surface area (Å²) >= 11 is 2.05. The normalized spacial score (nSPS) is 10.8. The molecule has 0 unspecified atom stereocenters. The van der Waals surface area contributed by atoms with E-state index in [1.807, 2.05) is 0 Å². The zero-order chi connectivity index (χ0) is 13.8. The van der Waals surface area contributed by atoms with Crippen molar-refractivity contribution in [3.63, 3.8) is 0 Å². The van der Waals surface area contributed by atoms with Crippen LogP contribution >= 0.6 is 22.6 Å². The molecular weight excluding hydrogens is 369 g/mol. The molecule has 0 bridgehead atoms. The van der Waals surface area contributed by atoms with Gasteiger partial charge in [-0.3, -0.25) is 4.68 Å². The van der Waals surface area contributed by atoms with Crippen LogP contribution in [0.4, 0.5) is 8.78 Å². The average Bonchev–Trinajstić information content (AvgIpc) is 2.73. The van der Waals surface area contributed by atoms with E-state index in [4.69, 9.17) is 4.74 Å². The van der Waals surface area contributed by atoms with Crippen molar-refractivity contribution in [3.8, 4) is 11.6 Å². The third kappa shape index (κ3) is 3.79. The maximum Gasteiger partial charge on any atom is 0.387 e. The van der Waals surface area contributed by atoms with Gasteiger partial charge in [0.05, 0.1) is 0 Å². The number of ether oxygens (including phenoxy) is 2. The number of alkyl halides is 2. The number of benzene rings is 1. The van der Waals surface area contributed by atoms with E-state index in [1.165, 1.54) is 6.07 Å². The molecule has 1 heterocycles. The molecule has 7 heteroatoms. The Hall–Kier alpha value is -1.38. The van der Waals surface area contributed by atoms with Crippen LogP contribution in [0.1, 0.15) is 5.56 Å². The summed E-state index contributed by atoms with van der Waals surface area (Å²) in [5.41, 5.74) is 0.578. The van der Waals surface area contributed by atoms with Crippen molar-refractivity contribution in [1.82, 2.24) is 9.78 Å². The largest absolute Gasteiger partial charge is 0.472 e. The topological polar surface area (TPSA) is 36.3 Å². The van der Waals surface area contributed by atoms with E-state index in [-0.39, 0.29) is 12.4 Å². The Morgan fingerprint density at radius 2 is 2.16 bits per heavy atom. The predicted molar refractivity (Wildman–Crippen MR) is 73.3 cm³/mol. The van der Waals surface area contributed by atoms with Crippen molar-refractivity contribution in [1.29, 1.82) is 0 Å². The molecule has 2 aromatic rings. The fourth-order valence-corrected chi connectivity index (χ4v) is 2.13. The highest BCUT2D eigenvalue weighted by Gasteiger charge is 2.13. The van der Waals surface area contributed by atoms with E-state index in [0.717, 1.165) is 3.57 Å². The quantitative estimate of drug-likeness (QED) is 0.748. The van der Waals surface area contributed by atoms with Gasteiger partial charge in [-0.2, -0.15) is 8.78 Å². The minimum absolute atomic E-state index is 0.123. The van der Waals surface area contributed by atoms with Crippen molar-refractivity contribution in [2.24, 2.45) is 7.05 Å². The lowest BCUT2D eigenvalue weighted by Gasteiger charge is -2.12. The van der Waals surface area contributed by atoms with E-state index in [1.54, 1.807) is 36.1 Å². The fraction of sp³-hybridized carbons (Fsp3) is 0.250. The molecule has 1 aromatic carbocycles. The highest BCUT2D eigenvalue weighted by atomic mass is 127. The van der Waals surface area contributed by atoms with Crippen LogP contribution in [-0.4, -0.2) is 16.4 Å². The van der Waals surface area contributed by atoms with E-state index >= 15 is 0 Å². The van der Waals surface area contributed by atoms with Gasteiger partial charge in [0.15, 0.2) is 0 Å². The van der Waals surface area contributed by atoms with Gasteiger partial charge in [-0.25, -0.2) is 0 Å². The molecule has 4 nitrogen and oxygen atoms in total. The summed E-state index contributed by atoms with van der Waals surface area (Å²) in [6, 6.07) is 6.65. The molecule has 0 aliphatic rings. The Labute approximate surface area is 122 Å². The first kappa shape index (κ1) is 14.0. The molecule has 0 N–H and O–H groups in total. The van der Waals surface area contributed by atoms with Gasteiger partial charge in [0.2, 0.25) is 5.88 Å². The summed E-state index contributed by atoms with van der Waals surface area (Å²) in [4.78, 5) is 0. The number of nitrogens with zero attached hydrogens (tertiary/aromatic N) is 2. The molecule has 0 radical (unpaired) electrons. The van der Waals surface area contributed by atoms with Crippen molar-refractivity contribution < 1.29 is 18.3 Å². The standard InChI is InChI=1S/C12H11F2IN2O2/c1-17-6-5-11(16-17)18-7-8-9(15)3-2-4-10(8)19-12(13)14/h2-6,12H,7H2,1H3. The first-order chi connectivity index (χ1) is 9.06. The van der Waals surface area contributed by atoms with Gasteiger partial charge in [-0.1, -0.05) is 6.07 Å². The molecule has 0 fully saturated rings. The first-order valence-electron chi connectivity index (χ1n) is 5.41. The Morgan fingerprint density at radius 3 is 2.79 bits per heavy atom. The predicted octanol–water partition coefficient (Wildman–Crippen LogP) is 3.21. The van der Waals surface area contributed by atoms with Crippen LogP contribution in [0, 0.1) is 3.57 Å². The van der Waals surface area contributed by atoms with Crippen LogP contribution < -0.4 is 9.47 Å². The molecule has 0 amide bonds. The highest BCUT2D eigenvalue weighted by molar-refractivity contribution is 14.1. The Balaban J connectivity index is 2.14. The maximum absolute atomic E-state index is 12.3. The van der Waals surface area contributed by atoms with Gasteiger partial charge in [-0.05, 0) is 34.7 Å². The molecule has 1 aromatic heterocycles. The second-order valence-corrected chi connectivity index (χ2v) is 4.87. The molecule has 0 saturated heterocycles. The maximum atomic E-state index is 12.3. The smallest absolute Gasteiger partial charge is 0.387 e. The third-order valence-corrected chi connectivity index (χ3v) is 3.36. The minimum atomic E-state index is -2.85. The number of aryl methyl sites for hydroxylation is 1. The van der Waals surface area contributed by atoms with Crippen LogP contribution in [0.5, 0.6) is 11.6 Å². The average molecular weight is 380 g/mol. The summed E-state index contributed by atoms with van der Waals surface area (Å²) in [5.74, 6) is 0.558. The molecule has 0 atom stereocenters. The van der Waals surface area contributed by atoms with E-state index in [0.29, 0.717) is 11.4 Å². The molecule has 0 saturated carbocycles. The van der Waals surface area contributed by atoms with Crippen molar-refractivity contribution in [3.05, 3.63) is 39.6 Å². The van der Waals surface area contributed by atoms with Gasteiger partial charge in [0.25, 0.3) is 0 Å². The number of hydrogen-bond acceptors (Lipinski definition) is 3. The van der Waals surface area contributed by atoms with Gasteiger partial charge >= 0.3 is 6.61 Å². The number of rotatable bonds is 5. The first-order valence-corrected chi connectivity index (χ1v) is 6.49. The van der Waals surface area contributed by atoms with Crippen LogP contribution in [0.25, 0.3) is 0 Å². The van der Waals surface area contributed by atoms with Crippen molar-refractivity contribution in [2.75, 3.05) is 0 Å². The zero-order valence-electron chi connectivity index (χ0n) is 10.0. The fourth-order valence-electron chi connectivity index (χ4n) is 1.50. The lowest BCUT2D eigenvalue weighted by atomic mass is 10.2. The Kier molecular flexibility index (Phi) is 4.56. The number of hydrogen-bond donors (Lipinski definition) is 0. The lowest BCUT2D eigenvalue weighted by Crippen LogP contribution is -2.07. The number of halogens is 3. The van der Waals surface area contributed by atoms with Crippen molar-refractivity contribution in [2.45, 2.75) is 13.2 Å². The molecule has 19 heavy (non-hydrogen) atoms. The molecule has 0 spiro atoms. The molecule has 102 valence electrons. The monoisotopic (exact) mass is 380 g/mol. The van der Waals surface area contributed by atoms with Gasteiger partial charge < -0.3 is 9.47 Å². The summed E-state index contributed by atoms with van der Waals surface area (Å²) in [5, 5.41) is 4.05. The van der Waals surface area contributed by atoms with Crippen LogP contribution in [0.15, 0.2) is 30.5 Å². The minimum Gasteiger partial charge on any atom is -0.472 e. The highest BCUT2D eigenvalue weighted by Crippen LogP contribution is 2.26. The van der Waals surface area contributed by atoms with Crippen LogP contribution in [0.2, 0.25) is 0 Å². The Bertz CT molecular complexity index is 560. The number of aromatic nitrogens is 2. The SMILES string of the molecule is Cn1ccc(OCc2c(I)cccc2OC(F)F)n1. The molecular formula is C12H11F2IN2O2. The third-order valence-electron chi connectivity index (χ3n) is 2.35. The van der Waals surface area contributed by atoms with E-state index < -0.39 is 6.61 Å². The zero-order valence-corrected chi connectivity index (χ0v) is 12.2. The second kappa shape index (κ2) is 6.18. The van der Waals surface area contributed by atoms with Crippen molar-refractivity contribution >= 4 is 22.6 Å².